The van der Waals surface area contributed by atoms with E-state index in [-0.39, 0.29) is 29.2 Å². The van der Waals surface area contributed by atoms with E-state index in [1.165, 1.54) is 12.7 Å². The van der Waals surface area contributed by atoms with E-state index in [9.17, 15) is 9.59 Å². The number of rotatable bonds is 6. The van der Waals surface area contributed by atoms with Gasteiger partial charge in [-0.25, -0.2) is 4.98 Å². The number of hydrogen-bond acceptors (Lipinski definition) is 8. The molecule has 0 aromatic carbocycles. The molecule has 1 N–H and O–H groups in total. The molecule has 1 aliphatic carbocycles. The Kier molecular flexibility index (Phi) is 5.48. The molecule has 10 nitrogen and oxygen atoms in total. The van der Waals surface area contributed by atoms with Gasteiger partial charge in [0.2, 0.25) is 17.7 Å². The maximum atomic E-state index is 12.6. The molecule has 1 spiro atoms. The quantitative estimate of drug-likeness (QED) is 0.723. The van der Waals surface area contributed by atoms with Crippen LogP contribution in [0.3, 0.4) is 0 Å². The molecule has 0 radical (unpaired) electrons. The number of nitrogens with one attached hydrogen (secondary N) is 1. The fourth-order valence-electron chi connectivity index (χ4n) is 4.88. The lowest BCUT2D eigenvalue weighted by molar-refractivity contribution is -0.122. The van der Waals surface area contributed by atoms with E-state index in [1.54, 1.807) is 0 Å². The molecule has 2 aromatic heterocycles. The summed E-state index contributed by atoms with van der Waals surface area (Å²) in [4.78, 5) is 33.2. The minimum absolute atomic E-state index is 0.0115. The smallest absolute Gasteiger partial charge is 0.275 e. The zero-order valence-electron chi connectivity index (χ0n) is 18.6. The fraction of sp³-hybridized carbons (Fsp3) is 0.682. The van der Waals surface area contributed by atoms with Gasteiger partial charge >= 0.3 is 0 Å². The lowest BCUT2D eigenvalue weighted by atomic mass is 9.76. The molecule has 0 bridgehead atoms. The van der Waals surface area contributed by atoms with Gasteiger partial charge in [-0.3, -0.25) is 14.5 Å². The molecule has 4 heterocycles. The Balaban J connectivity index is 1.30. The summed E-state index contributed by atoms with van der Waals surface area (Å²) >= 11 is 0. The number of carbonyl (C=O) groups is 2. The van der Waals surface area contributed by atoms with Crippen LogP contribution >= 0.6 is 0 Å². The van der Waals surface area contributed by atoms with E-state index < -0.39 is 0 Å². The van der Waals surface area contributed by atoms with Crippen molar-refractivity contribution in [3.8, 4) is 0 Å². The van der Waals surface area contributed by atoms with Crippen LogP contribution in [0.1, 0.15) is 80.2 Å². The van der Waals surface area contributed by atoms with E-state index in [0.29, 0.717) is 43.2 Å². The second kappa shape index (κ2) is 8.31. The first kappa shape index (κ1) is 21.1. The van der Waals surface area contributed by atoms with E-state index in [2.05, 4.69) is 25.4 Å². The van der Waals surface area contributed by atoms with Gasteiger partial charge in [-0.2, -0.15) is 0 Å². The maximum absolute atomic E-state index is 12.6. The monoisotopic (exact) mass is 442 g/mol. The highest BCUT2D eigenvalue weighted by molar-refractivity contribution is 5.91. The van der Waals surface area contributed by atoms with Gasteiger partial charge in [0.1, 0.15) is 6.26 Å². The minimum Gasteiger partial charge on any atom is -0.451 e. The Morgan fingerprint density at radius 2 is 2.03 bits per heavy atom. The van der Waals surface area contributed by atoms with Crippen LogP contribution in [0.2, 0.25) is 0 Å². The summed E-state index contributed by atoms with van der Waals surface area (Å²) in [7, 11) is 0. The summed E-state index contributed by atoms with van der Waals surface area (Å²) < 4.78 is 11.0. The average molecular weight is 443 g/mol. The van der Waals surface area contributed by atoms with Crippen molar-refractivity contribution in [2.24, 2.45) is 5.41 Å². The first-order chi connectivity index (χ1) is 15.4. The zero-order chi connectivity index (χ0) is 22.3. The molecular weight excluding hydrogens is 412 g/mol. The standard InChI is InChI=1S/C22H30N6O4/c1-14(2)19-25-26-20(32-19)17-9-22(12-28(17)10-18(29)24-15-3-4-15)5-7-27(8-6-22)21(30)16-11-31-13-23-16/h11,13-15,17H,3-10,12H2,1-2H3,(H,24,29). The largest absolute Gasteiger partial charge is 0.451 e. The predicted octanol–water partition coefficient (Wildman–Crippen LogP) is 2.13. The molecule has 172 valence electrons. The molecule has 5 rings (SSSR count). The van der Waals surface area contributed by atoms with Gasteiger partial charge in [-0.1, -0.05) is 13.8 Å². The van der Waals surface area contributed by atoms with Crippen LogP contribution in [0.15, 0.2) is 21.5 Å². The van der Waals surface area contributed by atoms with Crippen LogP contribution in [0.4, 0.5) is 0 Å². The van der Waals surface area contributed by atoms with E-state index >= 15 is 0 Å². The number of oxazole rings is 1. The molecule has 1 unspecified atom stereocenters. The van der Waals surface area contributed by atoms with Crippen LogP contribution in [0.5, 0.6) is 0 Å². The molecular formula is C22H30N6O4. The SMILES string of the molecule is CC(C)c1nnc(C2CC3(CCN(C(=O)c4cocn4)CC3)CN2CC(=O)NC2CC2)o1. The Morgan fingerprint density at radius 3 is 2.66 bits per heavy atom. The maximum Gasteiger partial charge on any atom is 0.275 e. The molecule has 2 aliphatic heterocycles. The Labute approximate surface area is 186 Å². The van der Waals surface area contributed by atoms with Gasteiger partial charge in [0.05, 0.1) is 12.6 Å². The number of hydrogen-bond donors (Lipinski definition) is 1. The summed E-state index contributed by atoms with van der Waals surface area (Å²) in [5, 5.41) is 11.6. The summed E-state index contributed by atoms with van der Waals surface area (Å²) in [5.74, 6) is 1.32. The second-order valence-corrected chi connectivity index (χ2v) is 9.77. The normalized spacial score (nSPS) is 23.2. The molecule has 2 amide bonds. The van der Waals surface area contributed by atoms with Crippen LogP contribution in [-0.2, 0) is 4.79 Å². The summed E-state index contributed by atoms with van der Waals surface area (Å²) in [5.41, 5.74) is 0.355. The zero-order valence-corrected chi connectivity index (χ0v) is 18.6. The molecule has 10 heteroatoms. The fourth-order valence-corrected chi connectivity index (χ4v) is 4.88. The molecule has 1 saturated carbocycles. The van der Waals surface area contributed by atoms with Gasteiger partial charge in [0.15, 0.2) is 12.1 Å². The van der Waals surface area contributed by atoms with Crippen LogP contribution in [0.25, 0.3) is 0 Å². The highest BCUT2D eigenvalue weighted by atomic mass is 16.4. The summed E-state index contributed by atoms with van der Waals surface area (Å²) in [6.07, 6.45) is 7.36. The molecule has 3 fully saturated rings. The van der Waals surface area contributed by atoms with Crippen molar-refractivity contribution < 1.29 is 18.4 Å². The first-order valence-electron chi connectivity index (χ1n) is 11.5. The second-order valence-electron chi connectivity index (χ2n) is 9.77. The van der Waals surface area contributed by atoms with Gasteiger partial charge in [-0.05, 0) is 37.5 Å². The number of amides is 2. The predicted molar refractivity (Wildman–Crippen MR) is 113 cm³/mol. The van der Waals surface area contributed by atoms with Crippen molar-refractivity contribution in [2.45, 2.75) is 64.0 Å². The molecule has 1 atom stereocenters. The third-order valence-electron chi connectivity index (χ3n) is 6.89. The van der Waals surface area contributed by atoms with Crippen LogP contribution in [0, 0.1) is 5.41 Å². The Bertz CT molecular complexity index is 959. The van der Waals surface area contributed by atoms with Crippen molar-refractivity contribution >= 4 is 11.8 Å². The number of carbonyl (C=O) groups excluding carboxylic acids is 2. The lowest BCUT2D eigenvalue weighted by Gasteiger charge is -2.39. The molecule has 3 aliphatic rings. The van der Waals surface area contributed by atoms with Gasteiger partial charge in [0.25, 0.3) is 5.91 Å². The van der Waals surface area contributed by atoms with Gasteiger partial charge < -0.3 is 19.1 Å². The van der Waals surface area contributed by atoms with E-state index in [4.69, 9.17) is 8.83 Å². The summed E-state index contributed by atoms with van der Waals surface area (Å²) in [6.45, 7) is 6.46. The third-order valence-corrected chi connectivity index (χ3v) is 6.89. The number of piperidine rings is 1. The third kappa shape index (κ3) is 4.28. The Morgan fingerprint density at radius 1 is 1.25 bits per heavy atom. The number of nitrogens with zero attached hydrogens (tertiary/aromatic N) is 5. The van der Waals surface area contributed by atoms with Crippen LogP contribution in [-0.4, -0.2) is 69.0 Å². The summed E-state index contributed by atoms with van der Waals surface area (Å²) in [6, 6.07) is 0.247. The first-order valence-corrected chi connectivity index (χ1v) is 11.5. The average Bonchev–Trinajstić information content (AvgIpc) is 3.17. The van der Waals surface area contributed by atoms with Crippen molar-refractivity contribution in [3.63, 3.8) is 0 Å². The highest BCUT2D eigenvalue weighted by Gasteiger charge is 2.49. The molecule has 2 saturated heterocycles. The molecule has 32 heavy (non-hydrogen) atoms. The topological polar surface area (TPSA) is 118 Å². The van der Waals surface area contributed by atoms with Gasteiger partial charge in [0, 0.05) is 31.6 Å². The number of likely N-dealkylation sites (tertiary alicyclic amines) is 2. The van der Waals surface area contributed by atoms with Crippen molar-refractivity contribution in [3.05, 3.63) is 30.1 Å². The van der Waals surface area contributed by atoms with Crippen molar-refractivity contribution in [2.75, 3.05) is 26.2 Å². The van der Waals surface area contributed by atoms with Crippen molar-refractivity contribution in [1.82, 2.24) is 30.3 Å². The number of aromatic nitrogens is 3. The lowest BCUT2D eigenvalue weighted by Crippen LogP contribution is -2.45. The Hall–Kier alpha value is -2.75. The van der Waals surface area contributed by atoms with E-state index in [1.807, 2.05) is 18.7 Å². The highest BCUT2D eigenvalue weighted by Crippen LogP contribution is 2.48. The van der Waals surface area contributed by atoms with Gasteiger partial charge in [-0.15, -0.1) is 10.2 Å². The van der Waals surface area contributed by atoms with Crippen LogP contribution < -0.4 is 5.32 Å². The molecule has 2 aromatic rings. The minimum atomic E-state index is -0.0951. The van der Waals surface area contributed by atoms with Crippen molar-refractivity contribution in [1.29, 1.82) is 0 Å². The van der Waals surface area contributed by atoms with E-state index in [0.717, 1.165) is 38.6 Å².